The fourth-order valence-corrected chi connectivity index (χ4v) is 1.24. The standard InChI is InChI=1S/C11H17NO2/c1-2-3-4-5-8-11(13)14-12-9-6-7-10-12/h6-7,9-10H,2-5,8H2,1H3. The lowest BCUT2D eigenvalue weighted by molar-refractivity contribution is -0.144. The molecular formula is C11H17NO2. The molecule has 0 aliphatic rings. The predicted molar refractivity (Wildman–Crippen MR) is 54.8 cm³/mol. The first-order valence-electron chi connectivity index (χ1n) is 5.17. The van der Waals surface area contributed by atoms with Gasteiger partial charge in [0.05, 0.1) is 0 Å². The summed E-state index contributed by atoms with van der Waals surface area (Å²) < 4.78 is 1.43. The second-order valence-electron chi connectivity index (χ2n) is 3.32. The molecule has 0 atom stereocenters. The molecule has 14 heavy (non-hydrogen) atoms. The minimum absolute atomic E-state index is 0.155. The summed E-state index contributed by atoms with van der Waals surface area (Å²) in [6, 6.07) is 3.65. The van der Waals surface area contributed by atoms with Crippen molar-refractivity contribution in [2.24, 2.45) is 0 Å². The summed E-state index contributed by atoms with van der Waals surface area (Å²) in [5, 5.41) is 0. The zero-order chi connectivity index (χ0) is 10.2. The summed E-state index contributed by atoms with van der Waals surface area (Å²) in [4.78, 5) is 16.2. The zero-order valence-electron chi connectivity index (χ0n) is 8.61. The normalized spacial score (nSPS) is 10.1. The number of aromatic nitrogens is 1. The molecule has 1 heterocycles. The van der Waals surface area contributed by atoms with Crippen molar-refractivity contribution in [1.29, 1.82) is 0 Å². The highest BCUT2D eigenvalue weighted by atomic mass is 16.7. The Kier molecular flexibility index (Phi) is 4.83. The maximum atomic E-state index is 11.2. The number of carbonyl (C=O) groups is 1. The summed E-state index contributed by atoms with van der Waals surface area (Å²) in [7, 11) is 0. The lowest BCUT2D eigenvalue weighted by atomic mass is 10.2. The molecule has 78 valence electrons. The van der Waals surface area contributed by atoms with Crippen molar-refractivity contribution in [3.05, 3.63) is 24.5 Å². The van der Waals surface area contributed by atoms with E-state index in [1.54, 1.807) is 12.4 Å². The molecule has 0 saturated carbocycles. The number of hydrogen-bond donors (Lipinski definition) is 0. The summed E-state index contributed by atoms with van der Waals surface area (Å²) in [5.41, 5.74) is 0. The van der Waals surface area contributed by atoms with Gasteiger partial charge in [0.25, 0.3) is 0 Å². The maximum absolute atomic E-state index is 11.2. The Morgan fingerprint density at radius 1 is 1.21 bits per heavy atom. The SMILES string of the molecule is CCCCCCC(=O)On1cccc1. The molecule has 1 rings (SSSR count). The molecule has 3 nitrogen and oxygen atoms in total. The van der Waals surface area contributed by atoms with Gasteiger partial charge in [0.1, 0.15) is 0 Å². The van der Waals surface area contributed by atoms with Gasteiger partial charge in [-0.15, -0.1) is 0 Å². The van der Waals surface area contributed by atoms with Crippen LogP contribution in [0.5, 0.6) is 0 Å². The summed E-state index contributed by atoms with van der Waals surface area (Å²) in [6.45, 7) is 2.15. The molecule has 1 aromatic rings. The molecule has 0 bridgehead atoms. The van der Waals surface area contributed by atoms with E-state index in [0.29, 0.717) is 6.42 Å². The average molecular weight is 195 g/mol. The van der Waals surface area contributed by atoms with E-state index in [9.17, 15) is 4.79 Å². The first kappa shape index (κ1) is 10.8. The van der Waals surface area contributed by atoms with Gasteiger partial charge in [-0.3, -0.25) is 0 Å². The van der Waals surface area contributed by atoms with Crippen LogP contribution in [0.4, 0.5) is 0 Å². The van der Waals surface area contributed by atoms with E-state index in [1.165, 1.54) is 17.6 Å². The average Bonchev–Trinajstić information content (AvgIpc) is 2.65. The third-order valence-electron chi connectivity index (χ3n) is 2.02. The van der Waals surface area contributed by atoms with Gasteiger partial charge in [-0.05, 0) is 18.6 Å². The Hall–Kier alpha value is -1.25. The summed E-state index contributed by atoms with van der Waals surface area (Å²) in [5.74, 6) is -0.155. The molecule has 0 aromatic carbocycles. The highest BCUT2D eigenvalue weighted by molar-refractivity contribution is 5.69. The maximum Gasteiger partial charge on any atom is 0.332 e. The quantitative estimate of drug-likeness (QED) is 0.653. The summed E-state index contributed by atoms with van der Waals surface area (Å²) >= 11 is 0. The van der Waals surface area contributed by atoms with Crippen LogP contribution in [0.15, 0.2) is 24.5 Å². The van der Waals surface area contributed by atoms with E-state index in [4.69, 9.17) is 4.84 Å². The molecule has 0 radical (unpaired) electrons. The monoisotopic (exact) mass is 195 g/mol. The van der Waals surface area contributed by atoms with Crippen LogP contribution in [-0.4, -0.2) is 10.7 Å². The van der Waals surface area contributed by atoms with Crippen LogP contribution in [0.1, 0.15) is 39.0 Å². The van der Waals surface area contributed by atoms with Crippen molar-refractivity contribution in [2.75, 3.05) is 0 Å². The van der Waals surface area contributed by atoms with Crippen LogP contribution in [0, 0.1) is 0 Å². The van der Waals surface area contributed by atoms with Crippen LogP contribution in [-0.2, 0) is 4.79 Å². The molecule has 0 saturated heterocycles. The van der Waals surface area contributed by atoms with Crippen LogP contribution in [0.2, 0.25) is 0 Å². The second kappa shape index (κ2) is 6.24. The van der Waals surface area contributed by atoms with Crippen LogP contribution in [0.3, 0.4) is 0 Å². The van der Waals surface area contributed by atoms with Crippen LogP contribution >= 0.6 is 0 Å². The van der Waals surface area contributed by atoms with Gasteiger partial charge in [-0.25, -0.2) is 4.79 Å². The first-order valence-corrected chi connectivity index (χ1v) is 5.17. The molecule has 0 unspecified atom stereocenters. The molecule has 0 aliphatic carbocycles. The Balaban J connectivity index is 2.11. The van der Waals surface area contributed by atoms with Gasteiger partial charge < -0.3 is 4.84 Å². The fraction of sp³-hybridized carbons (Fsp3) is 0.545. The fourth-order valence-electron chi connectivity index (χ4n) is 1.24. The smallest absolute Gasteiger partial charge is 0.332 e. The number of hydrogen-bond acceptors (Lipinski definition) is 2. The highest BCUT2D eigenvalue weighted by Gasteiger charge is 2.02. The zero-order valence-corrected chi connectivity index (χ0v) is 8.61. The van der Waals surface area contributed by atoms with E-state index in [0.717, 1.165) is 12.8 Å². The number of unbranched alkanes of at least 4 members (excludes halogenated alkanes) is 3. The van der Waals surface area contributed by atoms with Crippen molar-refractivity contribution in [2.45, 2.75) is 39.0 Å². The Morgan fingerprint density at radius 3 is 2.57 bits per heavy atom. The highest BCUT2D eigenvalue weighted by Crippen LogP contribution is 2.02. The molecule has 3 heteroatoms. The first-order chi connectivity index (χ1) is 6.83. The van der Waals surface area contributed by atoms with Crippen LogP contribution < -0.4 is 4.84 Å². The van der Waals surface area contributed by atoms with Gasteiger partial charge in [-0.1, -0.05) is 26.2 Å². The lowest BCUT2D eigenvalue weighted by Gasteiger charge is -2.03. The molecule has 1 aromatic heterocycles. The van der Waals surface area contributed by atoms with Crippen molar-refractivity contribution in [3.8, 4) is 0 Å². The number of rotatable bonds is 6. The van der Waals surface area contributed by atoms with E-state index in [2.05, 4.69) is 6.92 Å². The molecule has 0 aliphatic heterocycles. The van der Waals surface area contributed by atoms with E-state index in [1.807, 2.05) is 12.1 Å². The third-order valence-corrected chi connectivity index (χ3v) is 2.02. The predicted octanol–water partition coefficient (Wildman–Crippen LogP) is 2.41. The topological polar surface area (TPSA) is 31.2 Å². The largest absolute Gasteiger partial charge is 0.337 e. The van der Waals surface area contributed by atoms with Gasteiger partial charge in [0.15, 0.2) is 0 Å². The Labute approximate surface area is 84.6 Å². The van der Waals surface area contributed by atoms with E-state index >= 15 is 0 Å². The molecule has 0 spiro atoms. The molecule has 0 amide bonds. The second-order valence-corrected chi connectivity index (χ2v) is 3.32. The van der Waals surface area contributed by atoms with Crippen molar-refractivity contribution < 1.29 is 9.63 Å². The number of nitrogens with zero attached hydrogens (tertiary/aromatic N) is 1. The molecule has 0 N–H and O–H groups in total. The van der Waals surface area contributed by atoms with E-state index in [-0.39, 0.29) is 5.97 Å². The van der Waals surface area contributed by atoms with Gasteiger partial charge in [0, 0.05) is 18.8 Å². The minimum Gasteiger partial charge on any atom is -0.337 e. The van der Waals surface area contributed by atoms with Crippen molar-refractivity contribution in [3.63, 3.8) is 0 Å². The van der Waals surface area contributed by atoms with Gasteiger partial charge >= 0.3 is 5.97 Å². The lowest BCUT2D eigenvalue weighted by Crippen LogP contribution is -2.17. The molecular weight excluding hydrogens is 178 g/mol. The van der Waals surface area contributed by atoms with Crippen molar-refractivity contribution >= 4 is 5.97 Å². The van der Waals surface area contributed by atoms with E-state index < -0.39 is 0 Å². The van der Waals surface area contributed by atoms with Gasteiger partial charge in [-0.2, -0.15) is 4.73 Å². The molecule has 0 fully saturated rings. The Morgan fingerprint density at radius 2 is 1.93 bits per heavy atom. The Bertz CT molecular complexity index is 254. The third kappa shape index (κ3) is 4.12. The van der Waals surface area contributed by atoms with Crippen LogP contribution in [0.25, 0.3) is 0 Å². The summed E-state index contributed by atoms with van der Waals surface area (Å²) in [6.07, 6.45) is 8.35. The minimum atomic E-state index is -0.155. The number of carbonyl (C=O) groups excluding carboxylic acids is 1. The van der Waals surface area contributed by atoms with Crippen molar-refractivity contribution in [1.82, 2.24) is 4.73 Å². The van der Waals surface area contributed by atoms with Gasteiger partial charge in [0.2, 0.25) is 0 Å².